The van der Waals surface area contributed by atoms with Gasteiger partial charge in [-0.05, 0) is 38.0 Å². The average Bonchev–Trinajstić information content (AvgIpc) is 2.50. The first-order valence-corrected chi connectivity index (χ1v) is 7.49. The summed E-state index contributed by atoms with van der Waals surface area (Å²) in [7, 11) is 0. The Kier molecular flexibility index (Phi) is 4.75. The number of fused-ring (bicyclic) bond motifs is 1. The summed E-state index contributed by atoms with van der Waals surface area (Å²) in [4.78, 5) is 14.1. The first-order chi connectivity index (χ1) is 10.3. The molecule has 0 fully saturated rings. The maximum Gasteiger partial charge on any atom is 0.270 e. The summed E-state index contributed by atoms with van der Waals surface area (Å²) in [5, 5.41) is 18.8. The normalized spacial score (nSPS) is 19.4. The number of hydrogen-bond acceptors (Lipinski definition) is 5. The molecule has 0 radical (unpaired) electrons. The summed E-state index contributed by atoms with van der Waals surface area (Å²) in [5.41, 5.74) is 6.52. The van der Waals surface area contributed by atoms with Crippen molar-refractivity contribution >= 4 is 11.6 Å². The quantitative estimate of drug-likeness (QED) is 0.753. The van der Waals surface area contributed by atoms with E-state index in [1.54, 1.807) is 19.9 Å². The largest absolute Gasteiger partial charge is 0.476 e. The minimum absolute atomic E-state index is 0.0138. The summed E-state index contributed by atoms with van der Waals surface area (Å²) in [6, 6.07) is 5.38. The predicted octanol–water partition coefficient (Wildman–Crippen LogP) is 0.954. The van der Waals surface area contributed by atoms with Crippen molar-refractivity contribution in [3.05, 3.63) is 23.8 Å². The standard InChI is InChI=1S/C16H24N2O4/c1-4-12(17)10-5-6-14-13(7-10)18(8-11(20)9-19)15(21)16(2,3)22-14/h5-7,11-12,19-20H,4,8-9,17H2,1-3H3. The van der Waals surface area contributed by atoms with E-state index >= 15 is 0 Å². The maximum absolute atomic E-state index is 12.6. The van der Waals surface area contributed by atoms with Gasteiger partial charge in [0.05, 0.1) is 24.9 Å². The van der Waals surface area contributed by atoms with Crippen LogP contribution in [0.3, 0.4) is 0 Å². The van der Waals surface area contributed by atoms with Gasteiger partial charge in [0.2, 0.25) is 0 Å². The monoisotopic (exact) mass is 308 g/mol. The number of amides is 1. The molecule has 0 aliphatic carbocycles. The van der Waals surface area contributed by atoms with E-state index in [1.807, 2.05) is 19.1 Å². The summed E-state index contributed by atoms with van der Waals surface area (Å²) >= 11 is 0. The number of anilines is 1. The van der Waals surface area contributed by atoms with Crippen molar-refractivity contribution in [3.8, 4) is 5.75 Å². The van der Waals surface area contributed by atoms with Crippen LogP contribution < -0.4 is 15.4 Å². The van der Waals surface area contributed by atoms with Crippen molar-refractivity contribution in [2.75, 3.05) is 18.1 Å². The zero-order chi connectivity index (χ0) is 16.5. The lowest BCUT2D eigenvalue weighted by Crippen LogP contribution is -2.54. The van der Waals surface area contributed by atoms with E-state index in [4.69, 9.17) is 15.6 Å². The number of aliphatic hydroxyl groups excluding tert-OH is 2. The van der Waals surface area contributed by atoms with Crippen LogP contribution in [0.5, 0.6) is 5.75 Å². The van der Waals surface area contributed by atoms with Crippen molar-refractivity contribution in [1.29, 1.82) is 0 Å². The van der Waals surface area contributed by atoms with E-state index in [0.717, 1.165) is 12.0 Å². The highest BCUT2D eigenvalue weighted by atomic mass is 16.5. The molecular formula is C16H24N2O4. The molecule has 1 aliphatic heterocycles. The number of β-amino-alcohol motifs (C(OH)–C–C–N with tert-alkyl or cyclic N) is 1. The van der Waals surface area contributed by atoms with Crippen molar-refractivity contribution in [2.45, 2.75) is 44.9 Å². The molecule has 0 spiro atoms. The third-order valence-electron chi connectivity index (χ3n) is 3.87. The second kappa shape index (κ2) is 6.24. The van der Waals surface area contributed by atoms with Crippen LogP contribution >= 0.6 is 0 Å². The molecule has 0 saturated heterocycles. The van der Waals surface area contributed by atoms with E-state index in [9.17, 15) is 9.90 Å². The van der Waals surface area contributed by atoms with E-state index in [2.05, 4.69) is 0 Å². The van der Waals surface area contributed by atoms with Gasteiger partial charge in [0.1, 0.15) is 5.75 Å². The minimum Gasteiger partial charge on any atom is -0.476 e. The van der Waals surface area contributed by atoms with Crippen LogP contribution in [0, 0.1) is 0 Å². The summed E-state index contributed by atoms with van der Waals surface area (Å²) in [5.74, 6) is 0.316. The van der Waals surface area contributed by atoms with Crippen molar-refractivity contribution < 1.29 is 19.7 Å². The van der Waals surface area contributed by atoms with Gasteiger partial charge in [0.15, 0.2) is 5.60 Å². The fraction of sp³-hybridized carbons (Fsp3) is 0.562. The van der Waals surface area contributed by atoms with Gasteiger partial charge in [0.25, 0.3) is 5.91 Å². The minimum atomic E-state index is -1.02. The van der Waals surface area contributed by atoms with Crippen molar-refractivity contribution in [1.82, 2.24) is 0 Å². The van der Waals surface area contributed by atoms with E-state index in [1.165, 1.54) is 4.90 Å². The molecule has 4 N–H and O–H groups in total. The number of nitrogens with two attached hydrogens (primary N) is 1. The Morgan fingerprint density at radius 2 is 2.09 bits per heavy atom. The first-order valence-electron chi connectivity index (χ1n) is 7.49. The lowest BCUT2D eigenvalue weighted by molar-refractivity contribution is -0.133. The SMILES string of the molecule is CCC(N)c1ccc2c(c1)N(CC(O)CO)C(=O)C(C)(C)O2. The van der Waals surface area contributed by atoms with Gasteiger partial charge in [-0.2, -0.15) is 0 Å². The number of hydrogen-bond donors (Lipinski definition) is 3. The molecule has 6 heteroatoms. The summed E-state index contributed by atoms with van der Waals surface area (Å²) in [6.45, 7) is 4.96. The molecule has 6 nitrogen and oxygen atoms in total. The molecule has 1 heterocycles. The van der Waals surface area contributed by atoms with Gasteiger partial charge in [0, 0.05) is 6.04 Å². The first kappa shape index (κ1) is 16.7. The van der Waals surface area contributed by atoms with Crippen LogP contribution in [0.1, 0.15) is 38.8 Å². The third kappa shape index (κ3) is 3.09. The van der Waals surface area contributed by atoms with Crippen LogP contribution in [-0.2, 0) is 4.79 Å². The van der Waals surface area contributed by atoms with E-state index in [-0.39, 0.29) is 18.5 Å². The highest BCUT2D eigenvalue weighted by Gasteiger charge is 2.41. The second-order valence-electron chi connectivity index (χ2n) is 6.11. The maximum atomic E-state index is 12.6. The number of benzene rings is 1. The topological polar surface area (TPSA) is 96.0 Å². The van der Waals surface area contributed by atoms with Crippen LogP contribution in [0.15, 0.2) is 18.2 Å². The van der Waals surface area contributed by atoms with E-state index in [0.29, 0.717) is 11.4 Å². The number of ether oxygens (including phenoxy) is 1. The Morgan fingerprint density at radius 1 is 1.41 bits per heavy atom. The van der Waals surface area contributed by atoms with Gasteiger partial charge < -0.3 is 25.6 Å². The molecule has 122 valence electrons. The molecule has 2 unspecified atom stereocenters. The van der Waals surface area contributed by atoms with Gasteiger partial charge in [-0.3, -0.25) is 4.79 Å². The number of carbonyl (C=O) groups excluding carboxylic acids is 1. The van der Waals surface area contributed by atoms with E-state index < -0.39 is 18.3 Å². The zero-order valence-corrected chi connectivity index (χ0v) is 13.2. The lowest BCUT2D eigenvalue weighted by Gasteiger charge is -2.39. The molecule has 1 aromatic carbocycles. The fourth-order valence-electron chi connectivity index (χ4n) is 2.50. The third-order valence-corrected chi connectivity index (χ3v) is 3.87. The molecule has 22 heavy (non-hydrogen) atoms. The molecule has 1 amide bonds. The van der Waals surface area contributed by atoms with Crippen LogP contribution in [-0.4, -0.2) is 41.0 Å². The number of aliphatic hydroxyl groups is 2. The molecule has 1 aromatic rings. The predicted molar refractivity (Wildman–Crippen MR) is 83.8 cm³/mol. The fourth-order valence-corrected chi connectivity index (χ4v) is 2.50. The Bertz CT molecular complexity index is 559. The van der Waals surface area contributed by atoms with Crippen LogP contribution in [0.4, 0.5) is 5.69 Å². The van der Waals surface area contributed by atoms with Gasteiger partial charge >= 0.3 is 0 Å². The van der Waals surface area contributed by atoms with Gasteiger partial charge in [-0.25, -0.2) is 0 Å². The number of rotatable bonds is 5. The molecule has 0 bridgehead atoms. The Morgan fingerprint density at radius 3 is 2.68 bits per heavy atom. The van der Waals surface area contributed by atoms with Gasteiger partial charge in [-0.15, -0.1) is 0 Å². The lowest BCUT2D eigenvalue weighted by atomic mass is 9.99. The second-order valence-corrected chi connectivity index (χ2v) is 6.11. The van der Waals surface area contributed by atoms with Crippen molar-refractivity contribution in [2.24, 2.45) is 5.73 Å². The highest BCUT2D eigenvalue weighted by Crippen LogP contribution is 2.39. The van der Waals surface area contributed by atoms with Crippen LogP contribution in [0.2, 0.25) is 0 Å². The molecule has 0 aromatic heterocycles. The Balaban J connectivity index is 2.46. The average molecular weight is 308 g/mol. The number of carbonyl (C=O) groups is 1. The molecule has 2 rings (SSSR count). The Hall–Kier alpha value is -1.63. The van der Waals surface area contributed by atoms with Crippen LogP contribution in [0.25, 0.3) is 0 Å². The molecular weight excluding hydrogens is 284 g/mol. The molecule has 1 aliphatic rings. The van der Waals surface area contributed by atoms with Gasteiger partial charge in [-0.1, -0.05) is 13.0 Å². The summed E-state index contributed by atoms with van der Waals surface area (Å²) < 4.78 is 5.77. The summed E-state index contributed by atoms with van der Waals surface area (Å²) in [6.07, 6.45) is -0.229. The molecule has 0 saturated carbocycles. The Labute approximate surface area is 130 Å². The van der Waals surface area contributed by atoms with Crippen molar-refractivity contribution in [3.63, 3.8) is 0 Å². The zero-order valence-electron chi connectivity index (χ0n) is 13.2. The number of nitrogens with zero attached hydrogens (tertiary/aromatic N) is 1. The smallest absolute Gasteiger partial charge is 0.270 e. The highest BCUT2D eigenvalue weighted by molar-refractivity contribution is 6.02. The molecule has 2 atom stereocenters.